The minimum atomic E-state index is 0.0122. The molecule has 0 radical (unpaired) electrons. The smallest absolute Gasteiger partial charge is 0.0661 e. The molecule has 0 aromatic rings. The number of piperazine rings is 1. The van der Waals surface area contributed by atoms with Crippen LogP contribution in [0.15, 0.2) is 0 Å². The van der Waals surface area contributed by atoms with E-state index in [4.69, 9.17) is 10.5 Å². The number of rotatable bonds is 5. The SMILES string of the molecule is COCC(CN)(C(C)C)N1CCN2CCCCC2C1. The molecule has 0 amide bonds. The zero-order chi connectivity index (χ0) is 13.9. The Bertz CT molecular complexity index is 285. The molecule has 4 heteroatoms. The first-order valence-electron chi connectivity index (χ1n) is 7.82. The van der Waals surface area contributed by atoms with Gasteiger partial charge >= 0.3 is 0 Å². The van der Waals surface area contributed by atoms with Crippen LogP contribution >= 0.6 is 0 Å². The standard InChI is InChI=1S/C15H31N3O/c1-13(2)15(11-16,12-19-3)18-9-8-17-7-5-4-6-14(17)10-18/h13-14H,4-12,16H2,1-3H3. The van der Waals surface area contributed by atoms with E-state index in [0.717, 1.165) is 19.2 Å². The van der Waals surface area contributed by atoms with Crippen molar-refractivity contribution in [2.45, 2.75) is 44.7 Å². The number of fused-ring (bicyclic) bond motifs is 1. The Hall–Kier alpha value is -0.160. The highest BCUT2D eigenvalue weighted by Gasteiger charge is 2.42. The Kier molecular flexibility index (Phi) is 5.23. The molecule has 0 spiro atoms. The lowest BCUT2D eigenvalue weighted by Gasteiger charge is -2.53. The van der Waals surface area contributed by atoms with Gasteiger partial charge < -0.3 is 10.5 Å². The van der Waals surface area contributed by atoms with E-state index in [1.54, 1.807) is 7.11 Å². The van der Waals surface area contributed by atoms with E-state index in [2.05, 4.69) is 23.6 Å². The molecule has 2 aliphatic heterocycles. The average molecular weight is 269 g/mol. The molecular formula is C15H31N3O. The number of methoxy groups -OCH3 is 1. The second kappa shape index (κ2) is 6.53. The molecule has 0 aromatic heterocycles. The topological polar surface area (TPSA) is 41.7 Å². The second-order valence-corrected chi connectivity index (χ2v) is 6.53. The van der Waals surface area contributed by atoms with Crippen molar-refractivity contribution in [2.75, 3.05) is 46.4 Å². The summed E-state index contributed by atoms with van der Waals surface area (Å²) in [7, 11) is 1.80. The van der Waals surface area contributed by atoms with Crippen molar-refractivity contribution < 1.29 is 4.74 Å². The van der Waals surface area contributed by atoms with Crippen LogP contribution in [0.4, 0.5) is 0 Å². The van der Waals surface area contributed by atoms with Crippen LogP contribution in [-0.4, -0.2) is 67.8 Å². The lowest BCUT2D eigenvalue weighted by atomic mass is 9.83. The zero-order valence-electron chi connectivity index (χ0n) is 12.9. The summed E-state index contributed by atoms with van der Waals surface area (Å²) in [6, 6.07) is 0.740. The van der Waals surface area contributed by atoms with Gasteiger partial charge in [0.2, 0.25) is 0 Å². The minimum Gasteiger partial charge on any atom is -0.383 e. The van der Waals surface area contributed by atoms with Crippen molar-refractivity contribution in [3.63, 3.8) is 0 Å². The molecule has 2 atom stereocenters. The third-order valence-corrected chi connectivity index (χ3v) is 5.29. The normalized spacial score (nSPS) is 29.2. The molecular weight excluding hydrogens is 238 g/mol. The monoisotopic (exact) mass is 269 g/mol. The first-order valence-corrected chi connectivity index (χ1v) is 7.82. The Labute approximate surface area is 118 Å². The van der Waals surface area contributed by atoms with E-state index in [1.165, 1.54) is 38.9 Å². The third-order valence-electron chi connectivity index (χ3n) is 5.29. The molecule has 2 heterocycles. The van der Waals surface area contributed by atoms with Gasteiger partial charge in [0.05, 0.1) is 12.1 Å². The van der Waals surface area contributed by atoms with E-state index in [-0.39, 0.29) is 5.54 Å². The highest BCUT2D eigenvalue weighted by Crippen LogP contribution is 2.30. The number of hydrogen-bond donors (Lipinski definition) is 1. The fourth-order valence-electron chi connectivity index (χ4n) is 3.86. The summed E-state index contributed by atoms with van der Waals surface area (Å²) in [4.78, 5) is 5.29. The highest BCUT2D eigenvalue weighted by atomic mass is 16.5. The van der Waals surface area contributed by atoms with Crippen LogP contribution in [0.5, 0.6) is 0 Å². The van der Waals surface area contributed by atoms with Crippen LogP contribution in [0.3, 0.4) is 0 Å². The maximum atomic E-state index is 6.16. The van der Waals surface area contributed by atoms with Crippen molar-refractivity contribution in [3.05, 3.63) is 0 Å². The van der Waals surface area contributed by atoms with Crippen LogP contribution in [0.2, 0.25) is 0 Å². The van der Waals surface area contributed by atoms with E-state index in [9.17, 15) is 0 Å². The number of hydrogen-bond acceptors (Lipinski definition) is 4. The summed E-state index contributed by atoms with van der Waals surface area (Å²) >= 11 is 0. The highest BCUT2D eigenvalue weighted by molar-refractivity contribution is 4.99. The van der Waals surface area contributed by atoms with Gasteiger partial charge in [0.15, 0.2) is 0 Å². The molecule has 4 nitrogen and oxygen atoms in total. The van der Waals surface area contributed by atoms with Crippen molar-refractivity contribution >= 4 is 0 Å². The van der Waals surface area contributed by atoms with Crippen LogP contribution in [0, 0.1) is 5.92 Å². The van der Waals surface area contributed by atoms with Crippen molar-refractivity contribution in [2.24, 2.45) is 11.7 Å². The van der Waals surface area contributed by atoms with Gasteiger partial charge in [-0.1, -0.05) is 20.3 Å². The van der Waals surface area contributed by atoms with E-state index in [1.807, 2.05) is 0 Å². The third kappa shape index (κ3) is 2.97. The molecule has 2 N–H and O–H groups in total. The number of piperidine rings is 1. The minimum absolute atomic E-state index is 0.0122. The van der Waals surface area contributed by atoms with Gasteiger partial charge in [-0.15, -0.1) is 0 Å². The predicted octanol–water partition coefficient (Wildman–Crippen LogP) is 1.16. The molecule has 0 aliphatic carbocycles. The molecule has 112 valence electrons. The van der Waals surface area contributed by atoms with Crippen molar-refractivity contribution in [1.82, 2.24) is 9.80 Å². The Morgan fingerprint density at radius 2 is 2.05 bits per heavy atom. The quantitative estimate of drug-likeness (QED) is 0.813. The Balaban J connectivity index is 2.09. The number of nitrogens with zero attached hydrogens (tertiary/aromatic N) is 2. The fraction of sp³-hybridized carbons (Fsp3) is 1.00. The van der Waals surface area contributed by atoms with Gasteiger partial charge in [0.25, 0.3) is 0 Å². The molecule has 0 bridgehead atoms. The van der Waals surface area contributed by atoms with E-state index < -0.39 is 0 Å². The molecule has 2 aliphatic rings. The number of ether oxygens (including phenoxy) is 1. The summed E-state index contributed by atoms with van der Waals surface area (Å²) in [6.45, 7) is 10.8. The Morgan fingerprint density at radius 1 is 1.26 bits per heavy atom. The molecule has 2 saturated heterocycles. The lowest BCUT2D eigenvalue weighted by Crippen LogP contribution is -2.67. The number of nitrogens with two attached hydrogens (primary N) is 1. The maximum absolute atomic E-state index is 6.16. The Morgan fingerprint density at radius 3 is 2.68 bits per heavy atom. The van der Waals surface area contributed by atoms with Gasteiger partial charge in [0, 0.05) is 39.3 Å². The summed E-state index contributed by atoms with van der Waals surface area (Å²) in [5, 5.41) is 0. The largest absolute Gasteiger partial charge is 0.383 e. The second-order valence-electron chi connectivity index (χ2n) is 6.53. The molecule has 2 unspecified atom stereocenters. The van der Waals surface area contributed by atoms with Crippen molar-refractivity contribution in [3.8, 4) is 0 Å². The summed E-state index contributed by atoms with van der Waals surface area (Å²) in [5.41, 5.74) is 6.17. The molecule has 19 heavy (non-hydrogen) atoms. The summed E-state index contributed by atoms with van der Waals surface area (Å²) in [6.07, 6.45) is 4.11. The molecule has 2 rings (SSSR count). The van der Waals surface area contributed by atoms with Crippen molar-refractivity contribution in [1.29, 1.82) is 0 Å². The average Bonchev–Trinajstić information content (AvgIpc) is 2.44. The molecule has 2 fully saturated rings. The van der Waals surface area contributed by atoms with Crippen LogP contribution in [-0.2, 0) is 4.74 Å². The van der Waals surface area contributed by atoms with E-state index in [0.29, 0.717) is 12.5 Å². The van der Waals surface area contributed by atoms with Gasteiger partial charge in [0.1, 0.15) is 0 Å². The zero-order valence-corrected chi connectivity index (χ0v) is 12.9. The summed E-state index contributed by atoms with van der Waals surface area (Å²) < 4.78 is 5.51. The lowest BCUT2D eigenvalue weighted by molar-refractivity contribution is -0.0628. The maximum Gasteiger partial charge on any atom is 0.0661 e. The van der Waals surface area contributed by atoms with Gasteiger partial charge in [-0.3, -0.25) is 9.80 Å². The fourth-order valence-corrected chi connectivity index (χ4v) is 3.86. The van der Waals surface area contributed by atoms with Gasteiger partial charge in [-0.25, -0.2) is 0 Å². The van der Waals surface area contributed by atoms with Crippen LogP contribution in [0.1, 0.15) is 33.1 Å². The van der Waals surface area contributed by atoms with Gasteiger partial charge in [-0.2, -0.15) is 0 Å². The van der Waals surface area contributed by atoms with Gasteiger partial charge in [-0.05, 0) is 25.3 Å². The first kappa shape index (κ1) is 15.2. The molecule has 0 aromatic carbocycles. The first-order chi connectivity index (χ1) is 9.14. The van der Waals surface area contributed by atoms with E-state index >= 15 is 0 Å². The molecule has 0 saturated carbocycles. The van der Waals surface area contributed by atoms with Crippen LogP contribution < -0.4 is 5.73 Å². The summed E-state index contributed by atoms with van der Waals surface area (Å²) in [5.74, 6) is 0.521. The van der Waals surface area contributed by atoms with Crippen LogP contribution in [0.25, 0.3) is 0 Å². The predicted molar refractivity (Wildman–Crippen MR) is 79.3 cm³/mol.